The van der Waals surface area contributed by atoms with Gasteiger partial charge in [0.05, 0.1) is 6.54 Å². The lowest BCUT2D eigenvalue weighted by Crippen LogP contribution is -2.27. The van der Waals surface area contributed by atoms with E-state index >= 15 is 0 Å². The van der Waals surface area contributed by atoms with Crippen molar-refractivity contribution >= 4 is 6.09 Å². The highest BCUT2D eigenvalue weighted by molar-refractivity contribution is 5.69. The largest absolute Gasteiger partial charge is 0.448 e. The van der Waals surface area contributed by atoms with Crippen LogP contribution in [-0.2, 0) is 10.2 Å². The SMILES string of the molecule is Cc1ccc(C(CCN2CCOC2=O)c2ccc(C(C)(C)C)cc2)[nH]c1=O. The molecule has 3 rings (SSSR count). The minimum absolute atomic E-state index is 0.0146. The summed E-state index contributed by atoms with van der Waals surface area (Å²) in [5, 5.41) is 0. The number of nitrogens with zero attached hydrogens (tertiary/aromatic N) is 1. The van der Waals surface area contributed by atoms with Crippen molar-refractivity contribution in [3.05, 3.63) is 69.1 Å². The van der Waals surface area contributed by atoms with Gasteiger partial charge in [0, 0.05) is 23.7 Å². The van der Waals surface area contributed by atoms with Gasteiger partial charge in [0.2, 0.25) is 0 Å². The number of ether oxygens (including phenoxy) is 1. The molecule has 1 fully saturated rings. The Kier molecular flexibility index (Phi) is 5.40. The zero-order valence-electron chi connectivity index (χ0n) is 16.5. The fourth-order valence-corrected chi connectivity index (χ4v) is 3.40. The molecule has 2 aromatic rings. The molecule has 1 aromatic carbocycles. The first-order valence-corrected chi connectivity index (χ1v) is 9.47. The number of hydrogen-bond donors (Lipinski definition) is 1. The van der Waals surface area contributed by atoms with Gasteiger partial charge in [0.15, 0.2) is 0 Å². The van der Waals surface area contributed by atoms with Gasteiger partial charge in [-0.15, -0.1) is 0 Å². The second-order valence-corrected chi connectivity index (χ2v) is 8.24. The molecule has 1 N–H and O–H groups in total. The van der Waals surface area contributed by atoms with Crippen molar-refractivity contribution in [3.8, 4) is 0 Å². The molecule has 1 aliphatic rings. The number of benzene rings is 1. The Morgan fingerprint density at radius 3 is 2.37 bits per heavy atom. The molecule has 5 heteroatoms. The van der Waals surface area contributed by atoms with Crippen LogP contribution >= 0.6 is 0 Å². The van der Waals surface area contributed by atoms with E-state index < -0.39 is 0 Å². The van der Waals surface area contributed by atoms with Gasteiger partial charge in [-0.1, -0.05) is 51.1 Å². The molecule has 1 unspecified atom stereocenters. The highest BCUT2D eigenvalue weighted by Gasteiger charge is 2.24. The van der Waals surface area contributed by atoms with Gasteiger partial charge in [-0.05, 0) is 36.0 Å². The van der Waals surface area contributed by atoms with Crippen LogP contribution in [-0.4, -0.2) is 35.7 Å². The van der Waals surface area contributed by atoms with Crippen molar-refractivity contribution in [3.63, 3.8) is 0 Å². The molecule has 0 radical (unpaired) electrons. The van der Waals surface area contributed by atoms with E-state index in [1.807, 2.05) is 12.1 Å². The van der Waals surface area contributed by atoms with E-state index in [9.17, 15) is 9.59 Å². The Hall–Kier alpha value is -2.56. The quantitative estimate of drug-likeness (QED) is 0.869. The Bertz CT molecular complexity index is 862. The monoisotopic (exact) mass is 368 g/mol. The average molecular weight is 368 g/mol. The predicted octanol–water partition coefficient (Wildman–Crippen LogP) is 3.96. The summed E-state index contributed by atoms with van der Waals surface area (Å²) in [6, 6.07) is 12.4. The van der Waals surface area contributed by atoms with Gasteiger partial charge in [-0.25, -0.2) is 4.79 Å². The van der Waals surface area contributed by atoms with Crippen LogP contribution in [0.25, 0.3) is 0 Å². The molecule has 1 aliphatic heterocycles. The number of H-pyrrole nitrogens is 1. The highest BCUT2D eigenvalue weighted by Crippen LogP contribution is 2.30. The molecular formula is C22H28N2O3. The van der Waals surface area contributed by atoms with Crippen LogP contribution in [0.3, 0.4) is 0 Å². The zero-order valence-corrected chi connectivity index (χ0v) is 16.5. The lowest BCUT2D eigenvalue weighted by Gasteiger charge is -2.23. The van der Waals surface area contributed by atoms with E-state index in [-0.39, 0.29) is 23.0 Å². The van der Waals surface area contributed by atoms with Crippen LogP contribution < -0.4 is 5.56 Å². The van der Waals surface area contributed by atoms with E-state index in [0.717, 1.165) is 17.7 Å². The maximum Gasteiger partial charge on any atom is 0.409 e. The average Bonchev–Trinajstić information content (AvgIpc) is 3.03. The van der Waals surface area contributed by atoms with Crippen molar-refractivity contribution in [2.45, 2.75) is 45.4 Å². The van der Waals surface area contributed by atoms with E-state index in [0.29, 0.717) is 25.3 Å². The maximum absolute atomic E-state index is 12.1. The summed E-state index contributed by atoms with van der Waals surface area (Å²) in [5.74, 6) is 0.0146. The molecule has 1 amide bonds. The lowest BCUT2D eigenvalue weighted by atomic mass is 9.84. The Morgan fingerprint density at radius 1 is 1.11 bits per heavy atom. The molecular weight excluding hydrogens is 340 g/mol. The summed E-state index contributed by atoms with van der Waals surface area (Å²) in [6.45, 7) is 10.0. The van der Waals surface area contributed by atoms with Crippen molar-refractivity contribution in [2.75, 3.05) is 19.7 Å². The summed E-state index contributed by atoms with van der Waals surface area (Å²) in [5.41, 5.74) is 4.00. The summed E-state index contributed by atoms with van der Waals surface area (Å²) < 4.78 is 5.03. The number of carbonyl (C=O) groups is 1. The third kappa shape index (κ3) is 4.41. The van der Waals surface area contributed by atoms with Crippen molar-refractivity contribution in [1.29, 1.82) is 0 Å². The molecule has 0 saturated carbocycles. The number of rotatable bonds is 5. The summed E-state index contributed by atoms with van der Waals surface area (Å²) in [7, 11) is 0. The molecule has 0 bridgehead atoms. The normalized spacial score (nSPS) is 15.7. The minimum Gasteiger partial charge on any atom is -0.448 e. The summed E-state index contributed by atoms with van der Waals surface area (Å²) >= 11 is 0. The van der Waals surface area contributed by atoms with Crippen LogP contribution in [0.1, 0.15) is 55.5 Å². The number of aromatic amines is 1. The van der Waals surface area contributed by atoms with Crippen LogP contribution in [0.5, 0.6) is 0 Å². The molecule has 1 aromatic heterocycles. The number of aromatic nitrogens is 1. The van der Waals surface area contributed by atoms with Crippen LogP contribution in [0.4, 0.5) is 4.79 Å². The molecule has 0 spiro atoms. The number of pyridine rings is 1. The van der Waals surface area contributed by atoms with Crippen LogP contribution in [0.2, 0.25) is 0 Å². The molecule has 5 nitrogen and oxygen atoms in total. The number of cyclic esters (lactones) is 1. The van der Waals surface area contributed by atoms with Crippen molar-refractivity contribution in [1.82, 2.24) is 9.88 Å². The Morgan fingerprint density at radius 2 is 1.81 bits per heavy atom. The molecule has 0 aliphatic carbocycles. The maximum atomic E-state index is 12.1. The lowest BCUT2D eigenvalue weighted by molar-refractivity contribution is 0.158. The van der Waals surface area contributed by atoms with Gasteiger partial charge in [-0.3, -0.25) is 4.79 Å². The van der Waals surface area contributed by atoms with Crippen LogP contribution in [0.15, 0.2) is 41.2 Å². The summed E-state index contributed by atoms with van der Waals surface area (Å²) in [4.78, 5) is 28.6. The fraction of sp³-hybridized carbons (Fsp3) is 0.455. The molecule has 144 valence electrons. The van der Waals surface area contributed by atoms with E-state index in [2.05, 4.69) is 50.0 Å². The number of hydrogen-bond acceptors (Lipinski definition) is 3. The first kappa shape index (κ1) is 19.2. The Balaban J connectivity index is 1.89. The van der Waals surface area contributed by atoms with E-state index in [1.54, 1.807) is 11.8 Å². The number of aryl methyl sites for hydroxylation is 1. The van der Waals surface area contributed by atoms with E-state index in [1.165, 1.54) is 5.56 Å². The predicted molar refractivity (Wildman–Crippen MR) is 106 cm³/mol. The second kappa shape index (κ2) is 7.59. The number of carbonyl (C=O) groups excluding carboxylic acids is 1. The zero-order chi connectivity index (χ0) is 19.6. The standard InChI is InChI=1S/C22H28N2O3/c1-15-5-10-19(23-20(15)25)18(11-12-24-13-14-27-21(24)26)16-6-8-17(9-7-16)22(2,3)4/h5-10,18H,11-14H2,1-4H3,(H,23,25). The van der Waals surface area contributed by atoms with E-state index in [4.69, 9.17) is 4.74 Å². The van der Waals surface area contributed by atoms with Gasteiger partial charge in [0.25, 0.3) is 5.56 Å². The Labute approximate surface area is 160 Å². The number of nitrogens with one attached hydrogen (secondary N) is 1. The van der Waals surface area contributed by atoms with Crippen molar-refractivity contribution in [2.24, 2.45) is 0 Å². The smallest absolute Gasteiger partial charge is 0.409 e. The first-order chi connectivity index (χ1) is 12.8. The minimum atomic E-state index is -0.255. The fourth-order valence-electron chi connectivity index (χ4n) is 3.40. The highest BCUT2D eigenvalue weighted by atomic mass is 16.6. The first-order valence-electron chi connectivity index (χ1n) is 9.47. The third-order valence-corrected chi connectivity index (χ3v) is 5.22. The summed E-state index contributed by atoms with van der Waals surface area (Å²) in [6.07, 6.45) is 0.470. The second-order valence-electron chi connectivity index (χ2n) is 8.24. The third-order valence-electron chi connectivity index (χ3n) is 5.22. The van der Waals surface area contributed by atoms with Crippen LogP contribution in [0, 0.1) is 6.92 Å². The topological polar surface area (TPSA) is 62.4 Å². The molecule has 1 atom stereocenters. The van der Waals surface area contributed by atoms with Crippen molar-refractivity contribution < 1.29 is 9.53 Å². The van der Waals surface area contributed by atoms with Gasteiger partial charge >= 0.3 is 6.09 Å². The molecule has 2 heterocycles. The molecule has 27 heavy (non-hydrogen) atoms. The number of amides is 1. The van der Waals surface area contributed by atoms with Gasteiger partial charge in [0.1, 0.15) is 6.61 Å². The molecule has 1 saturated heterocycles. The van der Waals surface area contributed by atoms with Gasteiger partial charge in [-0.2, -0.15) is 0 Å². The van der Waals surface area contributed by atoms with Gasteiger partial charge < -0.3 is 14.6 Å².